The maximum absolute atomic E-state index is 12.7. The SMILES string of the molecule is CC(CCNC(=O)c1ccc(N(C)C)cc1)CC(=O)N1CCCC2OCC(=O)C21. The number of fused-ring (bicyclic) bond motifs is 1. The lowest BCUT2D eigenvalue weighted by Gasteiger charge is -2.36. The highest BCUT2D eigenvalue weighted by atomic mass is 16.5. The van der Waals surface area contributed by atoms with E-state index in [9.17, 15) is 14.4 Å². The molecule has 3 unspecified atom stereocenters. The lowest BCUT2D eigenvalue weighted by atomic mass is 9.95. The van der Waals surface area contributed by atoms with Crippen molar-refractivity contribution in [3.8, 4) is 0 Å². The van der Waals surface area contributed by atoms with E-state index in [2.05, 4.69) is 5.32 Å². The lowest BCUT2D eigenvalue weighted by molar-refractivity contribution is -0.141. The fourth-order valence-electron chi connectivity index (χ4n) is 4.03. The van der Waals surface area contributed by atoms with Crippen LogP contribution in [0.4, 0.5) is 5.69 Å². The summed E-state index contributed by atoms with van der Waals surface area (Å²) in [4.78, 5) is 40.8. The van der Waals surface area contributed by atoms with Crippen LogP contribution >= 0.6 is 0 Å². The maximum Gasteiger partial charge on any atom is 0.251 e. The summed E-state index contributed by atoms with van der Waals surface area (Å²) in [6.07, 6.45) is 2.67. The molecule has 3 atom stereocenters. The van der Waals surface area contributed by atoms with E-state index in [0.717, 1.165) is 18.5 Å². The zero-order valence-corrected chi connectivity index (χ0v) is 17.5. The average molecular weight is 402 g/mol. The third-order valence-electron chi connectivity index (χ3n) is 5.76. The molecule has 7 heteroatoms. The van der Waals surface area contributed by atoms with E-state index < -0.39 is 6.04 Å². The Kier molecular flexibility index (Phi) is 6.90. The molecule has 2 heterocycles. The van der Waals surface area contributed by atoms with Crippen LogP contribution in [-0.4, -0.2) is 68.4 Å². The van der Waals surface area contributed by atoms with Gasteiger partial charge < -0.3 is 19.9 Å². The first-order valence-corrected chi connectivity index (χ1v) is 10.4. The molecular formula is C22H31N3O4. The van der Waals surface area contributed by atoms with Gasteiger partial charge in [0.2, 0.25) is 5.91 Å². The summed E-state index contributed by atoms with van der Waals surface area (Å²) in [5, 5.41) is 2.92. The molecule has 2 fully saturated rings. The number of ketones is 1. The number of rotatable bonds is 7. The predicted octanol–water partition coefficient (Wildman–Crippen LogP) is 1.86. The molecule has 0 saturated carbocycles. The second kappa shape index (κ2) is 9.39. The molecule has 1 aromatic carbocycles. The average Bonchev–Trinajstić information content (AvgIpc) is 3.09. The third-order valence-corrected chi connectivity index (χ3v) is 5.76. The molecule has 2 aliphatic rings. The summed E-state index contributed by atoms with van der Waals surface area (Å²) < 4.78 is 5.51. The molecular weight excluding hydrogens is 370 g/mol. The Bertz CT molecular complexity index is 747. The fraction of sp³-hybridized carbons (Fsp3) is 0.591. The molecule has 2 aliphatic heterocycles. The number of amides is 2. The number of carbonyl (C=O) groups is 3. The van der Waals surface area contributed by atoms with Crippen molar-refractivity contribution in [2.24, 2.45) is 5.92 Å². The fourth-order valence-corrected chi connectivity index (χ4v) is 4.03. The first-order chi connectivity index (χ1) is 13.9. The van der Waals surface area contributed by atoms with Crippen LogP contribution in [0.5, 0.6) is 0 Å². The van der Waals surface area contributed by atoms with Gasteiger partial charge in [0.25, 0.3) is 5.91 Å². The van der Waals surface area contributed by atoms with Gasteiger partial charge in [-0.1, -0.05) is 6.92 Å². The van der Waals surface area contributed by atoms with Crippen LogP contribution < -0.4 is 10.2 Å². The maximum atomic E-state index is 12.7. The van der Waals surface area contributed by atoms with E-state index >= 15 is 0 Å². The Balaban J connectivity index is 1.43. The summed E-state index contributed by atoms with van der Waals surface area (Å²) in [6.45, 7) is 3.26. The molecule has 1 N–H and O–H groups in total. The number of nitrogens with zero attached hydrogens (tertiary/aromatic N) is 2. The zero-order valence-electron chi connectivity index (χ0n) is 17.5. The molecule has 158 valence electrons. The quantitative estimate of drug-likeness (QED) is 0.754. The Hall–Kier alpha value is -2.41. The van der Waals surface area contributed by atoms with Gasteiger partial charge in [-0.15, -0.1) is 0 Å². The van der Waals surface area contributed by atoms with Crippen LogP contribution in [0.25, 0.3) is 0 Å². The predicted molar refractivity (Wildman–Crippen MR) is 111 cm³/mol. The van der Waals surface area contributed by atoms with Gasteiger partial charge in [0.15, 0.2) is 5.78 Å². The zero-order chi connectivity index (χ0) is 21.0. The topological polar surface area (TPSA) is 79.0 Å². The Labute approximate surface area is 172 Å². The smallest absolute Gasteiger partial charge is 0.251 e. The summed E-state index contributed by atoms with van der Waals surface area (Å²) >= 11 is 0. The van der Waals surface area contributed by atoms with E-state index in [0.29, 0.717) is 31.5 Å². The first kappa shape index (κ1) is 21.3. The number of hydrogen-bond donors (Lipinski definition) is 1. The van der Waals surface area contributed by atoms with Gasteiger partial charge in [0, 0.05) is 44.9 Å². The Morgan fingerprint density at radius 3 is 2.69 bits per heavy atom. The summed E-state index contributed by atoms with van der Waals surface area (Å²) in [6, 6.07) is 7.05. The van der Waals surface area contributed by atoms with Crippen LogP contribution in [0.3, 0.4) is 0 Å². The second-order valence-corrected chi connectivity index (χ2v) is 8.29. The van der Waals surface area contributed by atoms with Gasteiger partial charge in [0.1, 0.15) is 12.6 Å². The number of ether oxygens (including phenoxy) is 1. The van der Waals surface area contributed by atoms with E-state index in [1.165, 1.54) is 0 Å². The minimum Gasteiger partial charge on any atom is -0.378 e. The lowest BCUT2D eigenvalue weighted by Crippen LogP contribution is -2.52. The van der Waals surface area contributed by atoms with Crippen LogP contribution in [0.2, 0.25) is 0 Å². The number of hydrogen-bond acceptors (Lipinski definition) is 5. The molecule has 0 bridgehead atoms. The largest absolute Gasteiger partial charge is 0.378 e. The monoisotopic (exact) mass is 401 g/mol. The van der Waals surface area contributed by atoms with Crippen molar-refractivity contribution in [3.05, 3.63) is 29.8 Å². The molecule has 3 rings (SSSR count). The summed E-state index contributed by atoms with van der Waals surface area (Å²) in [7, 11) is 3.91. The molecule has 0 aromatic heterocycles. The van der Waals surface area contributed by atoms with E-state index in [-0.39, 0.29) is 36.2 Å². The van der Waals surface area contributed by atoms with Crippen molar-refractivity contribution in [1.82, 2.24) is 10.2 Å². The van der Waals surface area contributed by atoms with Crippen molar-refractivity contribution < 1.29 is 19.1 Å². The number of nitrogens with one attached hydrogen (secondary N) is 1. The number of carbonyl (C=O) groups excluding carboxylic acids is 3. The van der Waals surface area contributed by atoms with E-state index in [1.54, 1.807) is 4.90 Å². The number of anilines is 1. The summed E-state index contributed by atoms with van der Waals surface area (Å²) in [5.74, 6) is 0.0398. The third kappa shape index (κ3) is 5.15. The molecule has 2 saturated heterocycles. The highest BCUT2D eigenvalue weighted by Crippen LogP contribution is 2.27. The van der Waals surface area contributed by atoms with Gasteiger partial charge in [-0.25, -0.2) is 0 Å². The molecule has 2 amide bonds. The minimum absolute atomic E-state index is 0.0108. The standard InChI is InChI=1S/C22H31N3O4/c1-15(10-11-23-22(28)16-6-8-17(9-7-16)24(2)3)13-20(27)25-12-4-5-19-21(25)18(26)14-29-19/h6-9,15,19,21H,4-5,10-14H2,1-3H3,(H,23,28). The second-order valence-electron chi connectivity index (χ2n) is 8.29. The molecule has 0 spiro atoms. The molecule has 0 radical (unpaired) electrons. The van der Waals surface area contributed by atoms with Crippen LogP contribution in [0.1, 0.15) is 43.0 Å². The van der Waals surface area contributed by atoms with Crippen molar-refractivity contribution in [2.45, 2.75) is 44.8 Å². The Morgan fingerprint density at radius 2 is 2.00 bits per heavy atom. The van der Waals surface area contributed by atoms with Gasteiger partial charge >= 0.3 is 0 Å². The number of likely N-dealkylation sites (tertiary alicyclic amines) is 1. The number of benzene rings is 1. The van der Waals surface area contributed by atoms with Gasteiger partial charge in [-0.3, -0.25) is 14.4 Å². The van der Waals surface area contributed by atoms with Crippen molar-refractivity contribution in [3.63, 3.8) is 0 Å². The van der Waals surface area contributed by atoms with E-state index in [1.807, 2.05) is 50.2 Å². The van der Waals surface area contributed by atoms with Crippen LogP contribution in [0, 0.1) is 5.92 Å². The Morgan fingerprint density at radius 1 is 1.28 bits per heavy atom. The molecule has 0 aliphatic carbocycles. The molecule has 1 aromatic rings. The number of Topliss-reactive ketones (excluding diaryl/α,β-unsaturated/α-hetero) is 1. The van der Waals surface area contributed by atoms with Crippen molar-refractivity contribution in [1.29, 1.82) is 0 Å². The molecule has 7 nitrogen and oxygen atoms in total. The highest BCUT2D eigenvalue weighted by molar-refractivity contribution is 5.94. The molecule has 29 heavy (non-hydrogen) atoms. The minimum atomic E-state index is -0.395. The van der Waals surface area contributed by atoms with Gasteiger partial charge in [-0.05, 0) is 49.4 Å². The normalized spacial score (nSPS) is 22.2. The summed E-state index contributed by atoms with van der Waals surface area (Å²) in [5.41, 5.74) is 1.67. The number of piperidine rings is 1. The first-order valence-electron chi connectivity index (χ1n) is 10.4. The van der Waals surface area contributed by atoms with Gasteiger partial charge in [-0.2, -0.15) is 0 Å². The van der Waals surface area contributed by atoms with Crippen LogP contribution in [0.15, 0.2) is 24.3 Å². The van der Waals surface area contributed by atoms with Gasteiger partial charge in [0.05, 0.1) is 6.10 Å². The van der Waals surface area contributed by atoms with E-state index in [4.69, 9.17) is 4.74 Å². The van der Waals surface area contributed by atoms with Crippen LogP contribution in [-0.2, 0) is 14.3 Å². The van der Waals surface area contributed by atoms with Crippen molar-refractivity contribution in [2.75, 3.05) is 38.7 Å². The van der Waals surface area contributed by atoms with Crippen molar-refractivity contribution >= 4 is 23.3 Å². The highest BCUT2D eigenvalue weighted by Gasteiger charge is 2.44.